The van der Waals surface area contributed by atoms with Gasteiger partial charge in [0.05, 0.1) is 18.0 Å². The Balaban J connectivity index is 1.81. The Morgan fingerprint density at radius 1 is 1.21 bits per heavy atom. The Kier molecular flexibility index (Phi) is 4.79. The van der Waals surface area contributed by atoms with Crippen LogP contribution < -0.4 is 10.1 Å². The first-order chi connectivity index (χ1) is 11.7. The van der Waals surface area contributed by atoms with Crippen LogP contribution in [0, 0.1) is 0 Å². The molecule has 1 aromatic heterocycles. The van der Waals surface area contributed by atoms with E-state index in [-0.39, 0.29) is 5.91 Å². The highest BCUT2D eigenvalue weighted by Crippen LogP contribution is 2.26. The number of aromatic nitrogens is 2. The lowest BCUT2D eigenvalue weighted by atomic mass is 10.1. The Morgan fingerprint density at radius 3 is 2.71 bits per heavy atom. The average molecular weight is 323 g/mol. The maximum absolute atomic E-state index is 12.4. The van der Waals surface area contributed by atoms with Crippen LogP contribution in [0.4, 0.5) is 0 Å². The number of carbonyl (C=O) groups excluding carboxylic acids is 1. The van der Waals surface area contributed by atoms with Gasteiger partial charge in [-0.15, -0.1) is 0 Å². The quantitative estimate of drug-likeness (QED) is 0.756. The monoisotopic (exact) mass is 323 g/mol. The van der Waals surface area contributed by atoms with Crippen molar-refractivity contribution >= 4 is 16.8 Å². The van der Waals surface area contributed by atoms with Gasteiger partial charge in [0.2, 0.25) is 5.88 Å². The summed E-state index contributed by atoms with van der Waals surface area (Å²) in [6.45, 7) is 3.38. The van der Waals surface area contributed by atoms with Crippen LogP contribution in [0.5, 0.6) is 5.88 Å². The largest absolute Gasteiger partial charge is 0.481 e. The predicted octanol–water partition coefficient (Wildman–Crippen LogP) is 3.38. The van der Waals surface area contributed by atoms with Gasteiger partial charge in [0, 0.05) is 18.7 Å². The van der Waals surface area contributed by atoms with Crippen LogP contribution in [0.3, 0.4) is 0 Å². The molecule has 5 nitrogen and oxygen atoms in total. The molecule has 0 saturated carbocycles. The Morgan fingerprint density at radius 2 is 2.00 bits per heavy atom. The molecule has 0 fully saturated rings. The molecule has 0 unspecified atom stereocenters. The topological polar surface area (TPSA) is 56.2 Å². The first kappa shape index (κ1) is 16.1. The zero-order valence-electron chi connectivity index (χ0n) is 14.0. The highest BCUT2D eigenvalue weighted by atomic mass is 16.5. The number of methoxy groups -OCH3 is 1. The van der Waals surface area contributed by atoms with E-state index < -0.39 is 0 Å². The molecule has 3 aromatic rings. The van der Waals surface area contributed by atoms with Crippen molar-refractivity contribution in [3.8, 4) is 5.88 Å². The van der Waals surface area contributed by atoms with Crippen LogP contribution in [-0.2, 0) is 13.1 Å². The molecule has 0 bridgehead atoms. The highest BCUT2D eigenvalue weighted by Gasteiger charge is 2.14. The standard InChI is InChI=1S/C19H21N3O2/c1-3-11-22-19(24-2)16-10-9-15(12-17(16)21-22)18(23)20-13-14-7-5-4-6-8-14/h4-10,12H,3,11,13H2,1-2H3,(H,20,23). The van der Waals surface area contributed by atoms with Gasteiger partial charge in [0.15, 0.2) is 0 Å². The van der Waals surface area contributed by atoms with Gasteiger partial charge in [0.25, 0.3) is 5.91 Å². The number of ether oxygens (including phenoxy) is 1. The second kappa shape index (κ2) is 7.17. The van der Waals surface area contributed by atoms with Crippen molar-refractivity contribution in [1.82, 2.24) is 15.1 Å². The molecule has 0 aliphatic carbocycles. The maximum atomic E-state index is 12.4. The lowest BCUT2D eigenvalue weighted by Crippen LogP contribution is -2.22. The summed E-state index contributed by atoms with van der Waals surface area (Å²) in [5.41, 5.74) is 2.44. The molecule has 1 amide bonds. The fourth-order valence-electron chi connectivity index (χ4n) is 2.71. The number of fused-ring (bicyclic) bond motifs is 1. The van der Waals surface area contributed by atoms with E-state index in [4.69, 9.17) is 4.74 Å². The third-order valence-electron chi connectivity index (χ3n) is 3.88. The summed E-state index contributed by atoms with van der Waals surface area (Å²) < 4.78 is 7.30. The maximum Gasteiger partial charge on any atom is 0.251 e. The number of amides is 1. The van der Waals surface area contributed by atoms with E-state index in [9.17, 15) is 4.79 Å². The van der Waals surface area contributed by atoms with Crippen molar-refractivity contribution in [3.05, 3.63) is 59.7 Å². The first-order valence-electron chi connectivity index (χ1n) is 8.09. The molecule has 124 valence electrons. The third-order valence-corrected chi connectivity index (χ3v) is 3.88. The molecule has 24 heavy (non-hydrogen) atoms. The SMILES string of the molecule is CCCn1nc2cc(C(=O)NCc3ccccc3)ccc2c1OC. The average Bonchev–Trinajstić information content (AvgIpc) is 2.97. The van der Waals surface area contributed by atoms with Gasteiger partial charge in [-0.25, -0.2) is 4.68 Å². The summed E-state index contributed by atoms with van der Waals surface area (Å²) in [5.74, 6) is 0.632. The molecule has 0 spiro atoms. The van der Waals surface area contributed by atoms with Crippen LogP contribution in [0.1, 0.15) is 29.3 Å². The van der Waals surface area contributed by atoms with E-state index in [0.29, 0.717) is 12.1 Å². The summed E-state index contributed by atoms with van der Waals surface area (Å²) in [6, 6.07) is 15.4. The minimum absolute atomic E-state index is 0.107. The first-order valence-corrected chi connectivity index (χ1v) is 8.09. The number of carbonyl (C=O) groups is 1. The second-order valence-corrected chi connectivity index (χ2v) is 5.63. The van der Waals surface area contributed by atoms with E-state index in [1.54, 1.807) is 7.11 Å². The molecule has 5 heteroatoms. The summed E-state index contributed by atoms with van der Waals surface area (Å²) in [6.07, 6.45) is 0.967. The summed E-state index contributed by atoms with van der Waals surface area (Å²) in [4.78, 5) is 12.4. The molecule has 0 aliphatic rings. The zero-order valence-corrected chi connectivity index (χ0v) is 14.0. The van der Waals surface area contributed by atoms with Crippen molar-refractivity contribution < 1.29 is 9.53 Å². The van der Waals surface area contributed by atoms with Crippen molar-refractivity contribution in [1.29, 1.82) is 0 Å². The van der Waals surface area contributed by atoms with Crippen LogP contribution in [0.2, 0.25) is 0 Å². The zero-order chi connectivity index (χ0) is 16.9. The van der Waals surface area contributed by atoms with Crippen LogP contribution in [0.15, 0.2) is 48.5 Å². The Hall–Kier alpha value is -2.82. The molecule has 0 atom stereocenters. The number of nitrogens with one attached hydrogen (secondary N) is 1. The normalized spacial score (nSPS) is 10.8. The van der Waals surface area contributed by atoms with E-state index in [1.165, 1.54) is 0 Å². The van der Waals surface area contributed by atoms with Gasteiger partial charge in [-0.05, 0) is 30.2 Å². The van der Waals surface area contributed by atoms with Crippen molar-refractivity contribution in [2.45, 2.75) is 26.4 Å². The lowest BCUT2D eigenvalue weighted by Gasteiger charge is -2.05. The molecule has 1 N–H and O–H groups in total. The Labute approximate surface area is 141 Å². The fourth-order valence-corrected chi connectivity index (χ4v) is 2.71. The lowest BCUT2D eigenvalue weighted by molar-refractivity contribution is 0.0951. The van der Waals surface area contributed by atoms with E-state index >= 15 is 0 Å². The summed E-state index contributed by atoms with van der Waals surface area (Å²) >= 11 is 0. The Bertz CT molecular complexity index is 840. The highest BCUT2D eigenvalue weighted by molar-refractivity contribution is 5.98. The number of aryl methyl sites for hydroxylation is 1. The third kappa shape index (κ3) is 3.25. The summed E-state index contributed by atoms with van der Waals surface area (Å²) in [7, 11) is 1.64. The number of rotatable bonds is 6. The van der Waals surface area contributed by atoms with Gasteiger partial charge in [-0.3, -0.25) is 4.79 Å². The number of nitrogens with zero attached hydrogens (tertiary/aromatic N) is 2. The van der Waals surface area contributed by atoms with Gasteiger partial charge in [0.1, 0.15) is 0 Å². The number of hydrogen-bond acceptors (Lipinski definition) is 3. The van der Waals surface area contributed by atoms with Gasteiger partial charge in [-0.2, -0.15) is 5.10 Å². The van der Waals surface area contributed by atoms with Gasteiger partial charge in [-0.1, -0.05) is 37.3 Å². The molecule has 1 heterocycles. The molecule has 0 saturated heterocycles. The van der Waals surface area contributed by atoms with Crippen molar-refractivity contribution in [2.75, 3.05) is 7.11 Å². The predicted molar refractivity (Wildman–Crippen MR) is 94.2 cm³/mol. The van der Waals surface area contributed by atoms with E-state index in [0.717, 1.165) is 35.3 Å². The van der Waals surface area contributed by atoms with Crippen molar-refractivity contribution in [3.63, 3.8) is 0 Å². The van der Waals surface area contributed by atoms with Gasteiger partial charge < -0.3 is 10.1 Å². The van der Waals surface area contributed by atoms with Gasteiger partial charge >= 0.3 is 0 Å². The molecular weight excluding hydrogens is 302 g/mol. The minimum atomic E-state index is -0.107. The molecule has 2 aromatic carbocycles. The minimum Gasteiger partial charge on any atom is -0.481 e. The molecule has 3 rings (SSSR count). The van der Waals surface area contributed by atoms with Crippen molar-refractivity contribution in [2.24, 2.45) is 0 Å². The van der Waals surface area contributed by atoms with Crippen LogP contribution in [0.25, 0.3) is 10.9 Å². The van der Waals surface area contributed by atoms with Crippen LogP contribution in [-0.4, -0.2) is 22.8 Å². The smallest absolute Gasteiger partial charge is 0.251 e. The second-order valence-electron chi connectivity index (χ2n) is 5.63. The number of hydrogen-bond donors (Lipinski definition) is 1. The van der Waals surface area contributed by atoms with Crippen LogP contribution >= 0.6 is 0 Å². The number of benzene rings is 2. The van der Waals surface area contributed by atoms with E-state index in [1.807, 2.05) is 53.2 Å². The molecule has 0 aliphatic heterocycles. The molecular formula is C19H21N3O2. The fraction of sp³-hybridized carbons (Fsp3) is 0.263. The van der Waals surface area contributed by atoms with E-state index in [2.05, 4.69) is 17.3 Å². The summed E-state index contributed by atoms with van der Waals surface area (Å²) in [5, 5.41) is 8.40. The molecule has 0 radical (unpaired) electrons.